The summed E-state index contributed by atoms with van der Waals surface area (Å²) in [5, 5.41) is 19.9. The lowest BCUT2D eigenvalue weighted by atomic mass is 10.2. The van der Waals surface area contributed by atoms with Crippen molar-refractivity contribution >= 4 is 29.2 Å². The summed E-state index contributed by atoms with van der Waals surface area (Å²) in [5.74, 6) is 0. The Morgan fingerprint density at radius 3 is 2.80 bits per heavy atom. The molecule has 2 aromatic carbocycles. The fraction of sp³-hybridized carbons (Fsp3) is 0. The van der Waals surface area contributed by atoms with E-state index in [2.05, 4.69) is 4.99 Å². The van der Waals surface area contributed by atoms with E-state index >= 15 is 0 Å². The fourth-order valence-electron chi connectivity index (χ4n) is 1.54. The second kappa shape index (κ2) is 5.95. The monoisotopic (exact) mass is 285 g/mol. The van der Waals surface area contributed by atoms with Crippen molar-refractivity contribution in [1.29, 1.82) is 5.26 Å². The molecule has 0 heterocycles. The molecular weight excluding hydrogens is 278 g/mol. The molecule has 0 bridgehead atoms. The Bertz CT molecular complexity index is 735. The average Bonchev–Trinajstić information content (AvgIpc) is 2.46. The van der Waals surface area contributed by atoms with Crippen LogP contribution in [0, 0.1) is 21.4 Å². The molecule has 2 rings (SSSR count). The molecule has 0 aromatic heterocycles. The number of nitro benzene ring substituents is 1. The Kier molecular flexibility index (Phi) is 4.08. The number of hydrogen-bond acceptors (Lipinski definition) is 4. The van der Waals surface area contributed by atoms with Crippen molar-refractivity contribution in [2.75, 3.05) is 0 Å². The summed E-state index contributed by atoms with van der Waals surface area (Å²) in [5.41, 5.74) is 1.46. The molecule has 0 amide bonds. The van der Waals surface area contributed by atoms with Crippen LogP contribution < -0.4 is 0 Å². The number of non-ortho nitro benzene ring substituents is 1. The molecule has 0 aliphatic rings. The third kappa shape index (κ3) is 3.19. The number of hydrogen-bond donors (Lipinski definition) is 0. The van der Waals surface area contributed by atoms with Gasteiger partial charge < -0.3 is 0 Å². The second-order valence-corrected chi connectivity index (χ2v) is 4.29. The summed E-state index contributed by atoms with van der Waals surface area (Å²) in [7, 11) is 0. The summed E-state index contributed by atoms with van der Waals surface area (Å²) in [6, 6.07) is 12.9. The van der Waals surface area contributed by atoms with E-state index in [0.717, 1.165) is 0 Å². The lowest BCUT2D eigenvalue weighted by Gasteiger charge is -1.98. The van der Waals surface area contributed by atoms with Gasteiger partial charge in [0.05, 0.1) is 22.2 Å². The van der Waals surface area contributed by atoms with Gasteiger partial charge in [-0.2, -0.15) is 5.26 Å². The van der Waals surface area contributed by atoms with Gasteiger partial charge in [0, 0.05) is 28.9 Å². The van der Waals surface area contributed by atoms with Crippen LogP contribution >= 0.6 is 11.6 Å². The minimum Gasteiger partial charge on any atom is -0.258 e. The highest BCUT2D eigenvalue weighted by atomic mass is 35.5. The topological polar surface area (TPSA) is 79.3 Å². The largest absolute Gasteiger partial charge is 0.270 e. The SMILES string of the molecule is N#Cc1cccc(N=Cc2cc([N+](=O)[O-])ccc2Cl)c1. The van der Waals surface area contributed by atoms with Gasteiger partial charge in [-0.25, -0.2) is 0 Å². The summed E-state index contributed by atoms with van der Waals surface area (Å²) in [4.78, 5) is 14.4. The first-order valence-corrected chi connectivity index (χ1v) is 5.96. The first-order chi connectivity index (χ1) is 9.60. The minimum atomic E-state index is -0.496. The molecule has 0 spiro atoms. The number of rotatable bonds is 3. The van der Waals surface area contributed by atoms with Gasteiger partial charge in [-0.05, 0) is 24.3 Å². The molecule has 2 aromatic rings. The van der Waals surface area contributed by atoms with Crippen LogP contribution in [-0.2, 0) is 0 Å². The number of aliphatic imine (C=N–C) groups is 1. The molecule has 0 atom stereocenters. The summed E-state index contributed by atoms with van der Waals surface area (Å²) < 4.78 is 0. The van der Waals surface area contributed by atoms with E-state index in [-0.39, 0.29) is 5.69 Å². The van der Waals surface area contributed by atoms with Gasteiger partial charge in [-0.1, -0.05) is 17.7 Å². The number of halogens is 1. The molecule has 0 saturated heterocycles. The van der Waals surface area contributed by atoms with Crippen LogP contribution in [0.1, 0.15) is 11.1 Å². The molecule has 20 heavy (non-hydrogen) atoms. The van der Waals surface area contributed by atoms with Crippen molar-refractivity contribution < 1.29 is 4.92 Å². The number of nitriles is 1. The van der Waals surface area contributed by atoms with Crippen LogP contribution in [0.5, 0.6) is 0 Å². The number of nitrogens with zero attached hydrogens (tertiary/aromatic N) is 3. The average molecular weight is 286 g/mol. The maximum atomic E-state index is 10.7. The Morgan fingerprint density at radius 2 is 2.10 bits per heavy atom. The molecule has 0 aliphatic heterocycles. The van der Waals surface area contributed by atoms with Crippen molar-refractivity contribution in [3.63, 3.8) is 0 Å². The highest BCUT2D eigenvalue weighted by Gasteiger charge is 2.08. The van der Waals surface area contributed by atoms with E-state index in [0.29, 0.717) is 21.8 Å². The van der Waals surface area contributed by atoms with Gasteiger partial charge in [0.15, 0.2) is 0 Å². The Balaban J connectivity index is 2.33. The summed E-state index contributed by atoms with van der Waals surface area (Å²) in [6.07, 6.45) is 1.44. The zero-order chi connectivity index (χ0) is 14.5. The van der Waals surface area contributed by atoms with E-state index < -0.39 is 4.92 Å². The molecule has 0 N–H and O–H groups in total. The van der Waals surface area contributed by atoms with Crippen molar-refractivity contribution in [1.82, 2.24) is 0 Å². The van der Waals surface area contributed by atoms with Crippen LogP contribution in [0.25, 0.3) is 0 Å². The third-order valence-electron chi connectivity index (χ3n) is 2.52. The lowest BCUT2D eigenvalue weighted by Crippen LogP contribution is -1.90. The van der Waals surface area contributed by atoms with Gasteiger partial charge in [-0.15, -0.1) is 0 Å². The van der Waals surface area contributed by atoms with Gasteiger partial charge in [-0.3, -0.25) is 15.1 Å². The van der Waals surface area contributed by atoms with Crippen molar-refractivity contribution in [3.8, 4) is 6.07 Å². The third-order valence-corrected chi connectivity index (χ3v) is 2.86. The number of benzene rings is 2. The normalized spacial score (nSPS) is 10.4. The van der Waals surface area contributed by atoms with Crippen LogP contribution in [0.3, 0.4) is 0 Å². The molecule has 0 aliphatic carbocycles. The Morgan fingerprint density at radius 1 is 1.30 bits per heavy atom. The van der Waals surface area contributed by atoms with Crippen LogP contribution in [0.2, 0.25) is 5.02 Å². The molecule has 0 radical (unpaired) electrons. The van der Waals surface area contributed by atoms with Gasteiger partial charge >= 0.3 is 0 Å². The maximum absolute atomic E-state index is 10.7. The second-order valence-electron chi connectivity index (χ2n) is 3.88. The van der Waals surface area contributed by atoms with Crippen LogP contribution in [-0.4, -0.2) is 11.1 Å². The molecule has 0 unspecified atom stereocenters. The van der Waals surface area contributed by atoms with Gasteiger partial charge in [0.25, 0.3) is 5.69 Å². The minimum absolute atomic E-state index is 0.0541. The van der Waals surface area contributed by atoms with E-state index in [1.165, 1.54) is 24.4 Å². The Labute approximate surface area is 119 Å². The highest BCUT2D eigenvalue weighted by molar-refractivity contribution is 6.33. The predicted molar refractivity (Wildman–Crippen MR) is 76.5 cm³/mol. The lowest BCUT2D eigenvalue weighted by molar-refractivity contribution is -0.384. The summed E-state index contributed by atoms with van der Waals surface area (Å²) in [6.45, 7) is 0. The number of nitro groups is 1. The molecule has 5 nitrogen and oxygen atoms in total. The van der Waals surface area contributed by atoms with E-state index in [4.69, 9.17) is 16.9 Å². The molecule has 0 saturated carbocycles. The molecule has 0 fully saturated rings. The standard InChI is InChI=1S/C14H8ClN3O2/c15-14-5-4-13(18(19)20)7-11(14)9-17-12-3-1-2-10(6-12)8-16/h1-7,9H. The first kappa shape index (κ1) is 13.7. The van der Waals surface area contributed by atoms with Crippen LogP contribution in [0.15, 0.2) is 47.5 Å². The summed E-state index contributed by atoms with van der Waals surface area (Å²) >= 11 is 5.96. The fourth-order valence-corrected chi connectivity index (χ4v) is 1.71. The molecule has 6 heteroatoms. The van der Waals surface area contributed by atoms with Crippen molar-refractivity contribution in [2.45, 2.75) is 0 Å². The van der Waals surface area contributed by atoms with Gasteiger partial charge in [0.1, 0.15) is 0 Å². The maximum Gasteiger partial charge on any atom is 0.270 e. The zero-order valence-corrected chi connectivity index (χ0v) is 10.9. The van der Waals surface area contributed by atoms with E-state index in [1.807, 2.05) is 6.07 Å². The molecular formula is C14H8ClN3O2. The van der Waals surface area contributed by atoms with Crippen molar-refractivity contribution in [3.05, 3.63) is 68.7 Å². The molecule has 98 valence electrons. The zero-order valence-electron chi connectivity index (χ0n) is 10.2. The first-order valence-electron chi connectivity index (χ1n) is 5.58. The highest BCUT2D eigenvalue weighted by Crippen LogP contribution is 2.21. The van der Waals surface area contributed by atoms with E-state index in [1.54, 1.807) is 24.3 Å². The quantitative estimate of drug-likeness (QED) is 0.488. The smallest absolute Gasteiger partial charge is 0.258 e. The Hall–Kier alpha value is -2.71. The van der Waals surface area contributed by atoms with Gasteiger partial charge in [0.2, 0.25) is 0 Å². The predicted octanol–water partition coefficient (Wildman–Crippen LogP) is 3.87. The van der Waals surface area contributed by atoms with E-state index in [9.17, 15) is 10.1 Å². The van der Waals surface area contributed by atoms with Crippen molar-refractivity contribution in [2.24, 2.45) is 4.99 Å². The van der Waals surface area contributed by atoms with Crippen LogP contribution in [0.4, 0.5) is 11.4 Å².